The number of para-hydroxylation sites is 1. The first-order valence-electron chi connectivity index (χ1n) is 7.30. The summed E-state index contributed by atoms with van der Waals surface area (Å²) < 4.78 is 0. The second-order valence-corrected chi connectivity index (χ2v) is 5.79. The van der Waals surface area contributed by atoms with E-state index < -0.39 is 12.0 Å². The number of carbonyl (C=O) groups is 1. The van der Waals surface area contributed by atoms with Gasteiger partial charge in [-0.05, 0) is 20.0 Å². The first-order chi connectivity index (χ1) is 10.1. The molecule has 112 valence electrons. The summed E-state index contributed by atoms with van der Waals surface area (Å²) in [5.74, 6) is -0.771. The molecule has 0 unspecified atom stereocenters. The number of piperazine rings is 1. The Hall–Kier alpha value is -1.85. The van der Waals surface area contributed by atoms with Gasteiger partial charge in [-0.1, -0.05) is 18.2 Å². The first-order valence-corrected chi connectivity index (χ1v) is 7.30. The topological polar surface area (TPSA) is 59.6 Å². The lowest BCUT2D eigenvalue weighted by Crippen LogP contribution is -2.47. The highest BCUT2D eigenvalue weighted by Gasteiger charge is 2.32. The summed E-state index contributed by atoms with van der Waals surface area (Å²) in [5, 5.41) is 10.8. The van der Waals surface area contributed by atoms with E-state index in [0.29, 0.717) is 0 Å². The van der Waals surface area contributed by atoms with Crippen molar-refractivity contribution in [2.75, 3.05) is 33.2 Å². The van der Waals surface area contributed by atoms with E-state index in [1.54, 1.807) is 0 Å². The summed E-state index contributed by atoms with van der Waals surface area (Å²) in [7, 11) is 2.07. The van der Waals surface area contributed by atoms with Crippen molar-refractivity contribution in [2.45, 2.75) is 13.0 Å². The minimum Gasteiger partial charge on any atom is -0.480 e. The fourth-order valence-corrected chi connectivity index (χ4v) is 3.19. The zero-order chi connectivity index (χ0) is 15.0. The van der Waals surface area contributed by atoms with E-state index in [9.17, 15) is 9.90 Å². The standard InChI is InChI=1S/C16H21N3O2/c1-11-14(12-5-3-4-6-13(12)17-11)15(16(20)21)19-9-7-18(2)8-10-19/h3-6,15,17H,7-10H2,1-2H3,(H,20,21)/t15-/m0/s1. The van der Waals surface area contributed by atoms with Crippen LogP contribution < -0.4 is 0 Å². The molecule has 21 heavy (non-hydrogen) atoms. The van der Waals surface area contributed by atoms with Crippen molar-refractivity contribution in [3.05, 3.63) is 35.5 Å². The first kappa shape index (κ1) is 14.1. The van der Waals surface area contributed by atoms with Crippen LogP contribution in [0.1, 0.15) is 17.3 Å². The number of rotatable bonds is 3. The van der Waals surface area contributed by atoms with Gasteiger partial charge in [0, 0.05) is 48.3 Å². The molecule has 1 fully saturated rings. The zero-order valence-electron chi connectivity index (χ0n) is 12.5. The van der Waals surface area contributed by atoms with Crippen LogP contribution in [0.3, 0.4) is 0 Å². The third-order valence-electron chi connectivity index (χ3n) is 4.35. The van der Waals surface area contributed by atoms with E-state index in [2.05, 4.69) is 21.8 Å². The van der Waals surface area contributed by atoms with Gasteiger partial charge in [-0.2, -0.15) is 0 Å². The van der Waals surface area contributed by atoms with E-state index in [0.717, 1.165) is 48.3 Å². The second kappa shape index (κ2) is 5.50. The smallest absolute Gasteiger partial charge is 0.325 e. The normalized spacial score (nSPS) is 19.0. The Kier molecular flexibility index (Phi) is 3.69. The van der Waals surface area contributed by atoms with Crippen LogP contribution in [0, 0.1) is 6.92 Å². The van der Waals surface area contributed by atoms with Crippen molar-refractivity contribution >= 4 is 16.9 Å². The summed E-state index contributed by atoms with van der Waals surface area (Å²) in [6.45, 7) is 5.34. The number of aliphatic carboxylic acids is 1. The molecular formula is C16H21N3O2. The molecule has 3 rings (SSSR count). The van der Waals surface area contributed by atoms with E-state index >= 15 is 0 Å². The molecule has 0 spiro atoms. The minimum absolute atomic E-state index is 0.574. The number of hydrogen-bond donors (Lipinski definition) is 2. The van der Waals surface area contributed by atoms with Crippen molar-refractivity contribution in [1.82, 2.24) is 14.8 Å². The Bertz CT molecular complexity index is 657. The van der Waals surface area contributed by atoms with Crippen molar-refractivity contribution in [3.8, 4) is 0 Å². The molecule has 0 bridgehead atoms. The number of aryl methyl sites for hydroxylation is 1. The van der Waals surface area contributed by atoms with E-state index in [4.69, 9.17) is 0 Å². The number of nitrogens with one attached hydrogen (secondary N) is 1. The number of hydrogen-bond acceptors (Lipinski definition) is 3. The van der Waals surface area contributed by atoms with Crippen LogP contribution in [-0.4, -0.2) is 59.1 Å². The third-order valence-corrected chi connectivity index (χ3v) is 4.35. The number of likely N-dealkylation sites (N-methyl/N-ethyl adjacent to an activating group) is 1. The lowest BCUT2D eigenvalue weighted by molar-refractivity contribution is -0.144. The van der Waals surface area contributed by atoms with Crippen LogP contribution in [0.25, 0.3) is 10.9 Å². The summed E-state index contributed by atoms with van der Waals surface area (Å²) in [6, 6.07) is 7.35. The molecule has 5 heteroatoms. The van der Waals surface area contributed by atoms with Crippen LogP contribution in [0.15, 0.2) is 24.3 Å². The van der Waals surface area contributed by atoms with Crippen LogP contribution >= 0.6 is 0 Å². The van der Waals surface area contributed by atoms with Gasteiger partial charge < -0.3 is 15.0 Å². The summed E-state index contributed by atoms with van der Waals surface area (Å²) in [4.78, 5) is 19.5. The molecule has 1 aliphatic rings. The molecule has 0 amide bonds. The van der Waals surface area contributed by atoms with Gasteiger partial charge in [0.05, 0.1) is 0 Å². The van der Waals surface area contributed by atoms with Gasteiger partial charge in [0.15, 0.2) is 0 Å². The Morgan fingerprint density at radius 3 is 2.57 bits per heavy atom. The molecular weight excluding hydrogens is 266 g/mol. The minimum atomic E-state index is -0.771. The molecule has 1 aliphatic heterocycles. The average Bonchev–Trinajstić information content (AvgIpc) is 2.78. The maximum Gasteiger partial charge on any atom is 0.325 e. The Morgan fingerprint density at radius 2 is 1.90 bits per heavy atom. The number of carboxylic acid groups (broad SMARTS) is 1. The van der Waals surface area contributed by atoms with Crippen LogP contribution in [0.5, 0.6) is 0 Å². The Labute approximate surface area is 124 Å². The highest BCUT2D eigenvalue weighted by Crippen LogP contribution is 2.32. The summed E-state index contributed by atoms with van der Waals surface area (Å²) in [5.41, 5.74) is 2.86. The summed E-state index contributed by atoms with van der Waals surface area (Å²) in [6.07, 6.45) is 0. The van der Waals surface area contributed by atoms with Crippen molar-refractivity contribution < 1.29 is 9.90 Å². The lowest BCUT2D eigenvalue weighted by atomic mass is 10.0. The molecule has 1 atom stereocenters. The zero-order valence-corrected chi connectivity index (χ0v) is 12.5. The monoisotopic (exact) mass is 287 g/mol. The predicted molar refractivity (Wildman–Crippen MR) is 82.5 cm³/mol. The molecule has 0 radical (unpaired) electrons. The van der Waals surface area contributed by atoms with Gasteiger partial charge in [-0.3, -0.25) is 9.69 Å². The van der Waals surface area contributed by atoms with Gasteiger partial charge in [0.2, 0.25) is 0 Å². The largest absolute Gasteiger partial charge is 0.480 e. The van der Waals surface area contributed by atoms with Gasteiger partial charge >= 0.3 is 5.97 Å². The molecule has 2 heterocycles. The number of aromatic amines is 1. The van der Waals surface area contributed by atoms with Crippen LogP contribution in [0.2, 0.25) is 0 Å². The van der Waals surface area contributed by atoms with E-state index in [-0.39, 0.29) is 0 Å². The lowest BCUT2D eigenvalue weighted by Gasteiger charge is -2.36. The van der Waals surface area contributed by atoms with Crippen molar-refractivity contribution in [2.24, 2.45) is 0 Å². The molecule has 5 nitrogen and oxygen atoms in total. The third kappa shape index (κ3) is 2.54. The number of fused-ring (bicyclic) bond motifs is 1. The predicted octanol–water partition coefficient (Wildman–Crippen LogP) is 1.85. The fourth-order valence-electron chi connectivity index (χ4n) is 3.19. The molecule has 1 saturated heterocycles. The quantitative estimate of drug-likeness (QED) is 0.904. The average molecular weight is 287 g/mol. The highest BCUT2D eigenvalue weighted by atomic mass is 16.4. The molecule has 1 aromatic carbocycles. The number of aromatic nitrogens is 1. The van der Waals surface area contributed by atoms with Gasteiger partial charge in [0.1, 0.15) is 6.04 Å². The van der Waals surface area contributed by atoms with Crippen LogP contribution in [-0.2, 0) is 4.79 Å². The Balaban J connectivity index is 2.04. The van der Waals surface area contributed by atoms with Crippen molar-refractivity contribution in [3.63, 3.8) is 0 Å². The second-order valence-electron chi connectivity index (χ2n) is 5.79. The summed E-state index contributed by atoms with van der Waals surface area (Å²) >= 11 is 0. The van der Waals surface area contributed by atoms with Crippen molar-refractivity contribution in [1.29, 1.82) is 0 Å². The van der Waals surface area contributed by atoms with E-state index in [1.165, 1.54) is 0 Å². The molecule has 0 aliphatic carbocycles. The number of nitrogens with zero attached hydrogens (tertiary/aromatic N) is 2. The maximum absolute atomic E-state index is 11.9. The molecule has 2 N–H and O–H groups in total. The highest BCUT2D eigenvalue weighted by molar-refractivity contribution is 5.90. The molecule has 0 saturated carbocycles. The van der Waals surface area contributed by atoms with Gasteiger partial charge in [-0.15, -0.1) is 0 Å². The molecule has 1 aromatic heterocycles. The Morgan fingerprint density at radius 1 is 1.24 bits per heavy atom. The maximum atomic E-state index is 11.9. The van der Waals surface area contributed by atoms with Crippen LogP contribution in [0.4, 0.5) is 0 Å². The van der Waals surface area contributed by atoms with E-state index in [1.807, 2.05) is 31.2 Å². The van der Waals surface area contributed by atoms with Gasteiger partial charge in [-0.25, -0.2) is 0 Å². The van der Waals surface area contributed by atoms with Gasteiger partial charge in [0.25, 0.3) is 0 Å². The molecule has 2 aromatic rings. The fraction of sp³-hybridized carbons (Fsp3) is 0.438. The number of H-pyrrole nitrogens is 1. The SMILES string of the molecule is Cc1[nH]c2ccccc2c1[C@@H](C(=O)O)N1CCN(C)CC1. The number of carboxylic acids is 1. The number of benzene rings is 1.